The van der Waals surface area contributed by atoms with Gasteiger partial charge in [0.25, 0.3) is 0 Å². The van der Waals surface area contributed by atoms with Gasteiger partial charge < -0.3 is 15.0 Å². The van der Waals surface area contributed by atoms with Crippen LogP contribution >= 0.6 is 0 Å². The number of hydrogen-bond donors (Lipinski definition) is 1. The molecular formula is C17H35N3O2. The van der Waals surface area contributed by atoms with E-state index in [1.807, 2.05) is 13.8 Å². The van der Waals surface area contributed by atoms with Gasteiger partial charge in [-0.2, -0.15) is 0 Å². The van der Waals surface area contributed by atoms with E-state index in [4.69, 9.17) is 4.74 Å². The molecule has 1 aliphatic heterocycles. The van der Waals surface area contributed by atoms with E-state index in [-0.39, 0.29) is 12.0 Å². The molecule has 0 aromatic heterocycles. The van der Waals surface area contributed by atoms with Crippen LogP contribution in [0.3, 0.4) is 0 Å². The second-order valence-electron chi connectivity index (χ2n) is 6.92. The van der Waals surface area contributed by atoms with E-state index in [1.165, 1.54) is 13.0 Å². The average molecular weight is 313 g/mol. The minimum absolute atomic E-state index is 0.139. The Hall–Kier alpha value is -0.650. The number of amides is 1. The molecule has 0 spiro atoms. The molecule has 0 aliphatic carbocycles. The molecule has 1 N–H and O–H groups in total. The summed E-state index contributed by atoms with van der Waals surface area (Å²) >= 11 is 0. The highest BCUT2D eigenvalue weighted by molar-refractivity contribution is 5.77. The number of piperazine rings is 1. The van der Waals surface area contributed by atoms with Gasteiger partial charge >= 0.3 is 0 Å². The Bertz CT molecular complexity index is 300. The number of nitrogens with zero attached hydrogens (tertiary/aromatic N) is 2. The first-order chi connectivity index (χ1) is 10.5. The zero-order valence-corrected chi connectivity index (χ0v) is 14.9. The molecule has 0 atom stereocenters. The lowest BCUT2D eigenvalue weighted by molar-refractivity contribution is -0.122. The van der Waals surface area contributed by atoms with Crippen LogP contribution in [-0.2, 0) is 9.53 Å². The smallest absolute Gasteiger partial charge is 0.234 e. The molecule has 0 unspecified atom stereocenters. The van der Waals surface area contributed by atoms with Gasteiger partial charge in [-0.15, -0.1) is 0 Å². The number of rotatable bonds is 10. The maximum absolute atomic E-state index is 11.9. The molecule has 0 aromatic rings. The van der Waals surface area contributed by atoms with E-state index >= 15 is 0 Å². The van der Waals surface area contributed by atoms with Crippen molar-refractivity contribution in [2.45, 2.75) is 46.6 Å². The molecule has 0 radical (unpaired) electrons. The van der Waals surface area contributed by atoms with Crippen molar-refractivity contribution in [1.82, 2.24) is 15.1 Å². The van der Waals surface area contributed by atoms with Gasteiger partial charge in [-0.3, -0.25) is 9.69 Å². The minimum atomic E-state index is 0.139. The van der Waals surface area contributed by atoms with Crippen molar-refractivity contribution in [2.75, 3.05) is 52.4 Å². The van der Waals surface area contributed by atoms with Gasteiger partial charge in [-0.25, -0.2) is 0 Å². The van der Waals surface area contributed by atoms with Crippen molar-refractivity contribution < 1.29 is 9.53 Å². The van der Waals surface area contributed by atoms with Crippen molar-refractivity contribution in [1.29, 1.82) is 0 Å². The average Bonchev–Trinajstić information content (AvgIpc) is 2.45. The third kappa shape index (κ3) is 9.38. The molecule has 5 nitrogen and oxygen atoms in total. The molecule has 22 heavy (non-hydrogen) atoms. The van der Waals surface area contributed by atoms with E-state index in [9.17, 15) is 4.79 Å². The SMILES string of the molecule is CC(C)CCN1CCN(CC(=O)NCCCOC(C)C)CC1. The first-order valence-corrected chi connectivity index (χ1v) is 8.80. The van der Waals surface area contributed by atoms with Crippen LogP contribution in [0.1, 0.15) is 40.5 Å². The number of nitrogens with one attached hydrogen (secondary N) is 1. The standard InChI is InChI=1S/C17H35N3O2/c1-15(2)6-8-19-9-11-20(12-10-19)14-17(21)18-7-5-13-22-16(3)4/h15-16H,5-14H2,1-4H3,(H,18,21). The highest BCUT2D eigenvalue weighted by Gasteiger charge is 2.18. The maximum atomic E-state index is 11.9. The van der Waals surface area contributed by atoms with E-state index in [2.05, 4.69) is 29.0 Å². The summed E-state index contributed by atoms with van der Waals surface area (Å²) in [4.78, 5) is 16.7. The maximum Gasteiger partial charge on any atom is 0.234 e. The van der Waals surface area contributed by atoms with Gasteiger partial charge in [0.2, 0.25) is 5.91 Å². The summed E-state index contributed by atoms with van der Waals surface area (Å²) in [7, 11) is 0. The van der Waals surface area contributed by atoms with Crippen LogP contribution in [0.2, 0.25) is 0 Å². The topological polar surface area (TPSA) is 44.8 Å². The lowest BCUT2D eigenvalue weighted by Gasteiger charge is -2.34. The highest BCUT2D eigenvalue weighted by Crippen LogP contribution is 2.06. The Labute approximate surface area is 136 Å². The van der Waals surface area contributed by atoms with Gasteiger partial charge in [-0.05, 0) is 39.2 Å². The van der Waals surface area contributed by atoms with Crippen molar-refractivity contribution in [2.24, 2.45) is 5.92 Å². The Morgan fingerprint density at radius 2 is 1.73 bits per heavy atom. The summed E-state index contributed by atoms with van der Waals surface area (Å²) in [5.74, 6) is 0.906. The summed E-state index contributed by atoms with van der Waals surface area (Å²) in [6.45, 7) is 15.9. The monoisotopic (exact) mass is 313 g/mol. The molecule has 1 rings (SSSR count). The molecule has 5 heteroatoms. The Morgan fingerprint density at radius 1 is 1.09 bits per heavy atom. The lowest BCUT2D eigenvalue weighted by atomic mass is 10.1. The van der Waals surface area contributed by atoms with Crippen LogP contribution in [0.15, 0.2) is 0 Å². The molecular weight excluding hydrogens is 278 g/mol. The van der Waals surface area contributed by atoms with Gasteiger partial charge in [-0.1, -0.05) is 13.8 Å². The van der Waals surface area contributed by atoms with E-state index in [0.29, 0.717) is 19.7 Å². The van der Waals surface area contributed by atoms with Crippen molar-refractivity contribution in [3.63, 3.8) is 0 Å². The van der Waals surface area contributed by atoms with Crippen LogP contribution in [-0.4, -0.2) is 74.2 Å². The van der Waals surface area contributed by atoms with Crippen molar-refractivity contribution in [3.8, 4) is 0 Å². The van der Waals surface area contributed by atoms with Crippen molar-refractivity contribution >= 4 is 5.91 Å². The minimum Gasteiger partial charge on any atom is -0.379 e. The molecule has 1 aliphatic rings. The predicted octanol–water partition coefficient (Wildman–Crippen LogP) is 1.58. The normalized spacial score (nSPS) is 17.4. The summed E-state index contributed by atoms with van der Waals surface area (Å²) in [6, 6.07) is 0. The summed E-state index contributed by atoms with van der Waals surface area (Å²) in [6.07, 6.45) is 2.41. The van der Waals surface area contributed by atoms with Crippen molar-refractivity contribution in [3.05, 3.63) is 0 Å². The summed E-state index contributed by atoms with van der Waals surface area (Å²) in [5, 5.41) is 2.98. The molecule has 1 saturated heterocycles. The molecule has 1 fully saturated rings. The molecule has 1 amide bonds. The number of carbonyl (C=O) groups excluding carboxylic acids is 1. The predicted molar refractivity (Wildman–Crippen MR) is 91.0 cm³/mol. The first-order valence-electron chi connectivity index (χ1n) is 8.80. The van der Waals surface area contributed by atoms with Crippen LogP contribution in [0, 0.1) is 5.92 Å². The number of hydrogen-bond acceptors (Lipinski definition) is 4. The van der Waals surface area contributed by atoms with Gasteiger partial charge in [0.1, 0.15) is 0 Å². The zero-order valence-electron chi connectivity index (χ0n) is 14.9. The van der Waals surface area contributed by atoms with Gasteiger partial charge in [0.05, 0.1) is 12.6 Å². The molecule has 0 bridgehead atoms. The van der Waals surface area contributed by atoms with Crippen LogP contribution in [0.4, 0.5) is 0 Å². The van der Waals surface area contributed by atoms with E-state index in [1.54, 1.807) is 0 Å². The number of ether oxygens (including phenoxy) is 1. The quantitative estimate of drug-likeness (QED) is 0.622. The summed E-state index contributed by atoms with van der Waals surface area (Å²) in [5.41, 5.74) is 0. The van der Waals surface area contributed by atoms with Crippen LogP contribution < -0.4 is 5.32 Å². The molecule has 0 saturated carbocycles. The number of carbonyl (C=O) groups is 1. The van der Waals surface area contributed by atoms with Gasteiger partial charge in [0, 0.05) is 39.3 Å². The second kappa shape index (κ2) is 11.0. The highest BCUT2D eigenvalue weighted by atomic mass is 16.5. The summed E-state index contributed by atoms with van der Waals surface area (Å²) < 4.78 is 5.46. The zero-order chi connectivity index (χ0) is 16.4. The third-order valence-electron chi connectivity index (χ3n) is 3.95. The van der Waals surface area contributed by atoms with E-state index in [0.717, 1.165) is 38.5 Å². The molecule has 1 heterocycles. The van der Waals surface area contributed by atoms with Gasteiger partial charge in [0.15, 0.2) is 0 Å². The molecule has 130 valence electrons. The van der Waals surface area contributed by atoms with Crippen LogP contribution in [0.5, 0.6) is 0 Å². The first kappa shape index (κ1) is 19.4. The Morgan fingerprint density at radius 3 is 2.32 bits per heavy atom. The lowest BCUT2D eigenvalue weighted by Crippen LogP contribution is -2.49. The Balaban J connectivity index is 2.04. The van der Waals surface area contributed by atoms with E-state index < -0.39 is 0 Å². The third-order valence-corrected chi connectivity index (χ3v) is 3.95. The Kier molecular flexibility index (Phi) is 9.68. The van der Waals surface area contributed by atoms with Crippen LogP contribution in [0.25, 0.3) is 0 Å². The fraction of sp³-hybridized carbons (Fsp3) is 0.941. The largest absolute Gasteiger partial charge is 0.379 e. The molecule has 0 aromatic carbocycles. The second-order valence-corrected chi connectivity index (χ2v) is 6.92. The fourth-order valence-corrected chi connectivity index (χ4v) is 2.49. The fourth-order valence-electron chi connectivity index (χ4n) is 2.49.